The first-order valence-corrected chi connectivity index (χ1v) is 4.30. The molecule has 0 nitrogen and oxygen atoms in total. The van der Waals surface area contributed by atoms with Crippen LogP contribution in [-0.2, 0) is 6.18 Å². The van der Waals surface area contributed by atoms with Gasteiger partial charge < -0.3 is 0 Å². The summed E-state index contributed by atoms with van der Waals surface area (Å²) in [5, 5.41) is 0. The lowest BCUT2D eigenvalue weighted by molar-refractivity contribution is -0.137. The van der Waals surface area contributed by atoms with Crippen molar-refractivity contribution in [3.05, 3.63) is 42.0 Å². The van der Waals surface area contributed by atoms with Gasteiger partial charge in [0, 0.05) is 0 Å². The maximum absolute atomic E-state index is 12.2. The first kappa shape index (κ1) is 10.8. The number of allylic oxidation sites excluding steroid dienone is 1. The highest BCUT2D eigenvalue weighted by molar-refractivity contribution is 5.63. The molecular formula is C11H11F3. The number of halogens is 3. The zero-order valence-corrected chi connectivity index (χ0v) is 7.86. The van der Waals surface area contributed by atoms with E-state index in [9.17, 15) is 13.2 Å². The van der Waals surface area contributed by atoms with E-state index in [0.29, 0.717) is 0 Å². The number of hydrogen-bond acceptors (Lipinski definition) is 0. The van der Waals surface area contributed by atoms with Gasteiger partial charge in [-0.15, -0.1) is 0 Å². The summed E-state index contributed by atoms with van der Waals surface area (Å²) in [6.45, 7) is 5.67. The van der Waals surface area contributed by atoms with Crippen LogP contribution in [0.4, 0.5) is 13.2 Å². The molecule has 1 rings (SSSR count). The second-order valence-corrected chi connectivity index (χ2v) is 3.03. The molecule has 0 saturated heterocycles. The first-order chi connectivity index (χ1) is 6.45. The van der Waals surface area contributed by atoms with Gasteiger partial charge >= 0.3 is 6.18 Å². The van der Waals surface area contributed by atoms with E-state index in [2.05, 4.69) is 6.58 Å². The van der Waals surface area contributed by atoms with E-state index in [1.165, 1.54) is 12.1 Å². The molecule has 0 spiro atoms. The second-order valence-electron chi connectivity index (χ2n) is 3.03. The summed E-state index contributed by atoms with van der Waals surface area (Å²) < 4.78 is 36.5. The van der Waals surface area contributed by atoms with Crippen LogP contribution < -0.4 is 0 Å². The van der Waals surface area contributed by atoms with Crippen molar-refractivity contribution in [2.75, 3.05) is 0 Å². The quantitative estimate of drug-likeness (QED) is 0.673. The topological polar surface area (TPSA) is 0 Å². The van der Waals surface area contributed by atoms with E-state index < -0.39 is 11.7 Å². The molecule has 0 saturated carbocycles. The SMILES string of the molecule is C=C(CC)c1ccc(C(F)(F)F)cc1. The van der Waals surface area contributed by atoms with E-state index in [1.54, 1.807) is 0 Å². The number of benzene rings is 1. The van der Waals surface area contributed by atoms with Gasteiger partial charge in [-0.25, -0.2) is 0 Å². The average Bonchev–Trinajstić information content (AvgIpc) is 2.15. The van der Waals surface area contributed by atoms with Gasteiger partial charge in [0.05, 0.1) is 5.56 Å². The van der Waals surface area contributed by atoms with Crippen molar-refractivity contribution in [2.24, 2.45) is 0 Å². The van der Waals surface area contributed by atoms with Gasteiger partial charge in [0.25, 0.3) is 0 Å². The summed E-state index contributed by atoms with van der Waals surface area (Å²) >= 11 is 0. The molecule has 0 radical (unpaired) electrons. The Morgan fingerprint density at radius 2 is 1.71 bits per heavy atom. The second kappa shape index (κ2) is 3.86. The monoisotopic (exact) mass is 200 g/mol. The fraction of sp³-hybridized carbons (Fsp3) is 0.273. The molecular weight excluding hydrogens is 189 g/mol. The molecule has 0 heterocycles. The van der Waals surface area contributed by atoms with Crippen LogP contribution in [0.15, 0.2) is 30.8 Å². The van der Waals surface area contributed by atoms with Gasteiger partial charge in [-0.2, -0.15) is 13.2 Å². The van der Waals surface area contributed by atoms with Crippen LogP contribution in [0, 0.1) is 0 Å². The van der Waals surface area contributed by atoms with E-state index in [4.69, 9.17) is 0 Å². The molecule has 0 unspecified atom stereocenters. The standard InChI is InChI=1S/C11H11F3/c1-3-8(2)9-4-6-10(7-5-9)11(12,13)14/h4-7H,2-3H2,1H3. The van der Waals surface area contributed by atoms with Crippen LogP contribution in [-0.4, -0.2) is 0 Å². The third-order valence-electron chi connectivity index (χ3n) is 2.05. The Hall–Kier alpha value is -1.25. The first-order valence-electron chi connectivity index (χ1n) is 4.30. The lowest BCUT2D eigenvalue weighted by Gasteiger charge is -2.08. The Kier molecular flexibility index (Phi) is 2.99. The zero-order chi connectivity index (χ0) is 10.8. The summed E-state index contributed by atoms with van der Waals surface area (Å²) in [4.78, 5) is 0. The van der Waals surface area contributed by atoms with E-state index in [0.717, 1.165) is 29.7 Å². The average molecular weight is 200 g/mol. The van der Waals surface area contributed by atoms with Gasteiger partial charge in [0.1, 0.15) is 0 Å². The maximum Gasteiger partial charge on any atom is 0.416 e. The summed E-state index contributed by atoms with van der Waals surface area (Å²) in [6, 6.07) is 5.07. The van der Waals surface area contributed by atoms with Crippen molar-refractivity contribution < 1.29 is 13.2 Å². The van der Waals surface area contributed by atoms with Crippen molar-refractivity contribution in [3.63, 3.8) is 0 Å². The number of alkyl halides is 3. The molecule has 14 heavy (non-hydrogen) atoms. The summed E-state index contributed by atoms with van der Waals surface area (Å²) in [7, 11) is 0. The van der Waals surface area contributed by atoms with Crippen molar-refractivity contribution in [1.82, 2.24) is 0 Å². The summed E-state index contributed by atoms with van der Waals surface area (Å²) in [5.74, 6) is 0. The maximum atomic E-state index is 12.2. The minimum Gasteiger partial charge on any atom is -0.166 e. The molecule has 0 amide bonds. The van der Waals surface area contributed by atoms with Crippen LogP contribution in [0.3, 0.4) is 0 Å². The van der Waals surface area contributed by atoms with Crippen LogP contribution in [0.1, 0.15) is 24.5 Å². The Labute approximate surface area is 81.1 Å². The van der Waals surface area contributed by atoms with E-state index in [1.807, 2.05) is 6.92 Å². The largest absolute Gasteiger partial charge is 0.416 e. The normalized spacial score (nSPS) is 11.4. The smallest absolute Gasteiger partial charge is 0.166 e. The van der Waals surface area contributed by atoms with Crippen LogP contribution in [0.25, 0.3) is 5.57 Å². The van der Waals surface area contributed by atoms with Crippen LogP contribution in [0.2, 0.25) is 0 Å². The highest BCUT2D eigenvalue weighted by atomic mass is 19.4. The Bertz CT molecular complexity index is 319. The van der Waals surface area contributed by atoms with E-state index >= 15 is 0 Å². The predicted octanol–water partition coefficient (Wildman–Crippen LogP) is 4.13. The van der Waals surface area contributed by atoms with Crippen LogP contribution in [0.5, 0.6) is 0 Å². The fourth-order valence-electron chi connectivity index (χ4n) is 1.10. The van der Waals surface area contributed by atoms with Crippen molar-refractivity contribution in [1.29, 1.82) is 0 Å². The zero-order valence-electron chi connectivity index (χ0n) is 7.86. The lowest BCUT2D eigenvalue weighted by atomic mass is 10.0. The van der Waals surface area contributed by atoms with Gasteiger partial charge in [-0.3, -0.25) is 0 Å². The van der Waals surface area contributed by atoms with Crippen molar-refractivity contribution in [3.8, 4) is 0 Å². The van der Waals surface area contributed by atoms with E-state index in [-0.39, 0.29) is 0 Å². The van der Waals surface area contributed by atoms with Gasteiger partial charge in [-0.1, -0.05) is 25.6 Å². The highest BCUT2D eigenvalue weighted by Crippen LogP contribution is 2.30. The lowest BCUT2D eigenvalue weighted by Crippen LogP contribution is -2.04. The Balaban J connectivity index is 2.95. The van der Waals surface area contributed by atoms with Crippen molar-refractivity contribution >= 4 is 5.57 Å². The predicted molar refractivity (Wildman–Crippen MR) is 50.8 cm³/mol. The molecule has 76 valence electrons. The molecule has 0 fully saturated rings. The van der Waals surface area contributed by atoms with Gasteiger partial charge in [-0.05, 0) is 29.7 Å². The third kappa shape index (κ3) is 2.37. The Morgan fingerprint density at radius 3 is 2.07 bits per heavy atom. The molecule has 1 aromatic rings. The molecule has 1 aromatic carbocycles. The number of rotatable bonds is 2. The highest BCUT2D eigenvalue weighted by Gasteiger charge is 2.29. The third-order valence-corrected chi connectivity index (χ3v) is 2.05. The molecule has 0 aliphatic heterocycles. The molecule has 3 heteroatoms. The minimum atomic E-state index is -4.26. The molecule has 0 aliphatic rings. The fourth-order valence-corrected chi connectivity index (χ4v) is 1.10. The van der Waals surface area contributed by atoms with Crippen molar-refractivity contribution in [2.45, 2.75) is 19.5 Å². The molecule has 0 bridgehead atoms. The Morgan fingerprint density at radius 1 is 1.21 bits per heavy atom. The molecule has 0 atom stereocenters. The van der Waals surface area contributed by atoms with Crippen LogP contribution >= 0.6 is 0 Å². The molecule has 0 aromatic heterocycles. The molecule has 0 N–H and O–H groups in total. The molecule has 0 aliphatic carbocycles. The van der Waals surface area contributed by atoms with Gasteiger partial charge in [0.15, 0.2) is 0 Å². The minimum absolute atomic E-state index is 0.620. The summed E-state index contributed by atoms with van der Waals surface area (Å²) in [6.07, 6.45) is -3.52. The summed E-state index contributed by atoms with van der Waals surface area (Å²) in [5.41, 5.74) is 0.990. The number of hydrogen-bond donors (Lipinski definition) is 0. The van der Waals surface area contributed by atoms with Gasteiger partial charge in [0.2, 0.25) is 0 Å².